The zero-order valence-electron chi connectivity index (χ0n) is 16.0. The number of carbonyl (C=O) groups is 2. The van der Waals surface area contributed by atoms with Crippen molar-refractivity contribution < 1.29 is 9.59 Å². The van der Waals surface area contributed by atoms with Crippen LogP contribution < -0.4 is 16.4 Å². The van der Waals surface area contributed by atoms with Gasteiger partial charge < -0.3 is 21.3 Å². The SMILES string of the molecule is CCC(CC)(CN)C(=O)N1CCC(NC(=O)NC2CCCCC2)CC1. The molecule has 4 N–H and O–H groups in total. The number of piperidine rings is 1. The van der Waals surface area contributed by atoms with E-state index in [4.69, 9.17) is 5.73 Å². The fraction of sp³-hybridized carbons (Fsp3) is 0.895. The first-order valence-corrected chi connectivity index (χ1v) is 10.1. The van der Waals surface area contributed by atoms with Gasteiger partial charge >= 0.3 is 6.03 Å². The van der Waals surface area contributed by atoms with Gasteiger partial charge in [-0.15, -0.1) is 0 Å². The number of hydrogen-bond acceptors (Lipinski definition) is 3. The Hall–Kier alpha value is -1.30. The second-order valence-corrected chi connectivity index (χ2v) is 7.71. The lowest BCUT2D eigenvalue weighted by Gasteiger charge is -2.39. The van der Waals surface area contributed by atoms with Crippen LogP contribution in [0.4, 0.5) is 4.79 Å². The second-order valence-electron chi connectivity index (χ2n) is 7.71. The van der Waals surface area contributed by atoms with Gasteiger partial charge in [-0.3, -0.25) is 4.79 Å². The summed E-state index contributed by atoms with van der Waals surface area (Å²) in [5.74, 6) is 0.185. The number of carbonyl (C=O) groups excluding carboxylic acids is 2. The maximum Gasteiger partial charge on any atom is 0.315 e. The molecule has 0 aromatic heterocycles. The van der Waals surface area contributed by atoms with Crippen LogP contribution in [0.1, 0.15) is 71.6 Å². The number of nitrogens with one attached hydrogen (secondary N) is 2. The highest BCUT2D eigenvalue weighted by molar-refractivity contribution is 5.83. The quantitative estimate of drug-likeness (QED) is 0.686. The Labute approximate surface area is 152 Å². The number of nitrogens with two attached hydrogens (primary N) is 1. The van der Waals surface area contributed by atoms with Gasteiger partial charge in [0.2, 0.25) is 5.91 Å². The summed E-state index contributed by atoms with van der Waals surface area (Å²) in [6, 6.07) is 0.438. The number of hydrogen-bond donors (Lipinski definition) is 3. The molecule has 144 valence electrons. The first kappa shape index (κ1) is 20.0. The van der Waals surface area contributed by atoms with Crippen molar-refractivity contribution in [3.63, 3.8) is 0 Å². The van der Waals surface area contributed by atoms with E-state index in [0.717, 1.165) is 38.5 Å². The van der Waals surface area contributed by atoms with E-state index in [1.165, 1.54) is 19.3 Å². The van der Waals surface area contributed by atoms with Crippen LogP contribution in [0.25, 0.3) is 0 Å². The highest BCUT2D eigenvalue weighted by Gasteiger charge is 2.38. The first-order valence-electron chi connectivity index (χ1n) is 10.1. The van der Waals surface area contributed by atoms with Gasteiger partial charge in [0.1, 0.15) is 0 Å². The lowest BCUT2D eigenvalue weighted by atomic mass is 9.80. The number of urea groups is 1. The lowest BCUT2D eigenvalue weighted by molar-refractivity contribution is -0.143. The van der Waals surface area contributed by atoms with Crippen molar-refractivity contribution in [3.8, 4) is 0 Å². The summed E-state index contributed by atoms with van der Waals surface area (Å²) in [5, 5.41) is 6.20. The molecule has 0 aromatic carbocycles. The third-order valence-corrected chi connectivity index (χ3v) is 6.26. The zero-order valence-corrected chi connectivity index (χ0v) is 16.0. The van der Waals surface area contributed by atoms with Crippen molar-refractivity contribution in [1.82, 2.24) is 15.5 Å². The average Bonchev–Trinajstić information content (AvgIpc) is 2.65. The molecule has 0 spiro atoms. The molecule has 2 fully saturated rings. The van der Waals surface area contributed by atoms with Gasteiger partial charge in [-0.1, -0.05) is 33.1 Å². The van der Waals surface area contributed by atoms with E-state index >= 15 is 0 Å². The molecule has 2 aliphatic rings. The second kappa shape index (κ2) is 9.41. The van der Waals surface area contributed by atoms with E-state index in [0.29, 0.717) is 25.7 Å². The highest BCUT2D eigenvalue weighted by Crippen LogP contribution is 2.29. The summed E-state index contributed by atoms with van der Waals surface area (Å²) in [6.07, 6.45) is 9.08. The first-order chi connectivity index (χ1) is 12.0. The van der Waals surface area contributed by atoms with E-state index in [1.807, 2.05) is 18.7 Å². The van der Waals surface area contributed by atoms with E-state index in [9.17, 15) is 9.59 Å². The van der Waals surface area contributed by atoms with Crippen LogP contribution in [0.5, 0.6) is 0 Å². The maximum atomic E-state index is 12.9. The van der Waals surface area contributed by atoms with Gasteiger partial charge in [-0.2, -0.15) is 0 Å². The maximum absolute atomic E-state index is 12.9. The van der Waals surface area contributed by atoms with Crippen molar-refractivity contribution in [1.29, 1.82) is 0 Å². The van der Waals surface area contributed by atoms with Crippen molar-refractivity contribution in [3.05, 3.63) is 0 Å². The average molecular weight is 353 g/mol. The Balaban J connectivity index is 1.77. The zero-order chi connectivity index (χ0) is 18.3. The molecule has 0 atom stereocenters. The summed E-state index contributed by atoms with van der Waals surface area (Å²) in [7, 11) is 0. The summed E-state index contributed by atoms with van der Waals surface area (Å²) < 4.78 is 0. The Morgan fingerprint density at radius 1 is 0.960 bits per heavy atom. The van der Waals surface area contributed by atoms with Gasteiger partial charge in [-0.05, 0) is 38.5 Å². The molecule has 6 nitrogen and oxygen atoms in total. The fourth-order valence-corrected chi connectivity index (χ4v) is 4.15. The minimum absolute atomic E-state index is 0.0462. The molecule has 1 aliphatic heterocycles. The predicted octanol–water partition coefficient (Wildman–Crippen LogP) is 2.37. The Morgan fingerprint density at radius 2 is 1.48 bits per heavy atom. The molecular formula is C19H36N4O2. The Kier molecular flexibility index (Phi) is 7.54. The number of nitrogens with zero attached hydrogens (tertiary/aromatic N) is 1. The molecule has 3 amide bonds. The van der Waals surface area contributed by atoms with Gasteiger partial charge in [-0.25, -0.2) is 4.79 Å². The van der Waals surface area contributed by atoms with Crippen LogP contribution >= 0.6 is 0 Å². The highest BCUT2D eigenvalue weighted by atomic mass is 16.2. The van der Waals surface area contributed by atoms with Gasteiger partial charge in [0, 0.05) is 31.7 Å². The molecular weight excluding hydrogens is 316 g/mol. The van der Waals surface area contributed by atoms with Gasteiger partial charge in [0.25, 0.3) is 0 Å². The van der Waals surface area contributed by atoms with E-state index < -0.39 is 5.41 Å². The van der Waals surface area contributed by atoms with Crippen LogP contribution in [0.15, 0.2) is 0 Å². The van der Waals surface area contributed by atoms with Crippen molar-refractivity contribution in [2.75, 3.05) is 19.6 Å². The summed E-state index contributed by atoms with van der Waals surface area (Å²) >= 11 is 0. The molecule has 1 saturated carbocycles. The number of likely N-dealkylation sites (tertiary alicyclic amines) is 1. The van der Waals surface area contributed by atoms with Crippen LogP contribution in [0.2, 0.25) is 0 Å². The lowest BCUT2D eigenvalue weighted by Crippen LogP contribution is -2.54. The predicted molar refractivity (Wildman–Crippen MR) is 100 cm³/mol. The Bertz CT molecular complexity index is 428. The molecule has 2 rings (SSSR count). The minimum Gasteiger partial charge on any atom is -0.342 e. The topological polar surface area (TPSA) is 87.5 Å². The smallest absolute Gasteiger partial charge is 0.315 e. The molecule has 0 unspecified atom stereocenters. The van der Waals surface area contributed by atoms with E-state index in [-0.39, 0.29) is 18.0 Å². The van der Waals surface area contributed by atoms with Crippen LogP contribution in [0, 0.1) is 5.41 Å². The van der Waals surface area contributed by atoms with Crippen LogP contribution in [0.3, 0.4) is 0 Å². The van der Waals surface area contributed by atoms with Gasteiger partial charge in [0.15, 0.2) is 0 Å². The fourth-order valence-electron chi connectivity index (χ4n) is 4.15. The summed E-state index contributed by atoms with van der Waals surface area (Å²) in [4.78, 5) is 27.0. The van der Waals surface area contributed by atoms with Crippen molar-refractivity contribution in [2.24, 2.45) is 11.1 Å². The molecule has 0 bridgehead atoms. The molecule has 25 heavy (non-hydrogen) atoms. The summed E-state index contributed by atoms with van der Waals surface area (Å²) in [6.45, 7) is 5.89. The molecule has 6 heteroatoms. The number of rotatable bonds is 6. The third-order valence-electron chi connectivity index (χ3n) is 6.26. The molecule has 1 saturated heterocycles. The van der Waals surface area contributed by atoms with Crippen LogP contribution in [-0.2, 0) is 4.79 Å². The molecule has 1 heterocycles. The largest absolute Gasteiger partial charge is 0.342 e. The number of amides is 3. The van der Waals surface area contributed by atoms with Gasteiger partial charge in [0.05, 0.1) is 5.41 Å². The molecule has 0 radical (unpaired) electrons. The third kappa shape index (κ3) is 5.09. The summed E-state index contributed by atoms with van der Waals surface area (Å²) in [5.41, 5.74) is 5.49. The van der Waals surface area contributed by atoms with Crippen molar-refractivity contribution in [2.45, 2.75) is 83.7 Å². The van der Waals surface area contributed by atoms with E-state index in [1.54, 1.807) is 0 Å². The normalized spacial score (nSPS) is 20.4. The standard InChI is InChI=1S/C19H36N4O2/c1-3-19(4-2,14-20)17(24)23-12-10-16(11-13-23)22-18(25)21-15-8-6-5-7-9-15/h15-16H,3-14,20H2,1-2H3,(H2,21,22,25). The molecule has 0 aromatic rings. The van der Waals surface area contributed by atoms with Crippen molar-refractivity contribution >= 4 is 11.9 Å². The Morgan fingerprint density at radius 3 is 1.96 bits per heavy atom. The van der Waals surface area contributed by atoms with E-state index in [2.05, 4.69) is 10.6 Å². The monoisotopic (exact) mass is 352 g/mol. The molecule has 1 aliphatic carbocycles. The minimum atomic E-state index is -0.418. The van der Waals surface area contributed by atoms with Crippen LogP contribution in [-0.4, -0.2) is 48.6 Å².